The van der Waals surface area contributed by atoms with Crippen molar-refractivity contribution in [3.63, 3.8) is 0 Å². The van der Waals surface area contributed by atoms with Crippen molar-refractivity contribution in [2.24, 2.45) is 0 Å². The van der Waals surface area contributed by atoms with Crippen LogP contribution in [0.3, 0.4) is 0 Å². The van der Waals surface area contributed by atoms with E-state index in [1.807, 2.05) is 18.4 Å². The zero-order valence-electron chi connectivity index (χ0n) is 15.1. The summed E-state index contributed by atoms with van der Waals surface area (Å²) in [6, 6.07) is 4.11. The first-order chi connectivity index (χ1) is 13.3. The molecule has 0 saturated carbocycles. The third-order valence-corrected chi connectivity index (χ3v) is 5.53. The smallest absolute Gasteiger partial charge is 0.240 e. The zero-order chi connectivity index (χ0) is 20.3. The average molecular weight is 408 g/mol. The second-order valence-electron chi connectivity index (χ2n) is 5.95. The molecule has 3 aromatic rings. The number of halogens is 2. The molecule has 11 heteroatoms. The number of sulfonamides is 1. The summed E-state index contributed by atoms with van der Waals surface area (Å²) in [6.45, 7) is 4.06. The van der Waals surface area contributed by atoms with Gasteiger partial charge >= 0.3 is 0 Å². The Kier molecular flexibility index (Phi) is 5.66. The van der Waals surface area contributed by atoms with Crippen LogP contribution in [-0.2, 0) is 10.0 Å². The Morgan fingerprint density at radius 2 is 1.82 bits per heavy atom. The predicted molar refractivity (Wildman–Crippen MR) is 98.7 cm³/mol. The van der Waals surface area contributed by atoms with Crippen LogP contribution >= 0.6 is 0 Å². The van der Waals surface area contributed by atoms with Crippen LogP contribution in [0.4, 0.5) is 14.6 Å². The van der Waals surface area contributed by atoms with Gasteiger partial charge in [0.1, 0.15) is 24.3 Å². The van der Waals surface area contributed by atoms with Gasteiger partial charge in [0.15, 0.2) is 11.6 Å². The van der Waals surface area contributed by atoms with Gasteiger partial charge in [-0.3, -0.25) is 4.57 Å². The molecule has 0 atom stereocenters. The molecule has 0 saturated heterocycles. The highest BCUT2D eigenvalue weighted by atomic mass is 32.2. The summed E-state index contributed by atoms with van der Waals surface area (Å²) in [5.41, 5.74) is 1.84. The molecule has 8 nitrogen and oxygen atoms in total. The van der Waals surface area contributed by atoms with Gasteiger partial charge < -0.3 is 5.32 Å². The highest BCUT2D eigenvalue weighted by Crippen LogP contribution is 2.14. The van der Waals surface area contributed by atoms with Gasteiger partial charge in [0.05, 0.1) is 10.6 Å². The number of aryl methyl sites for hydroxylation is 1. The second kappa shape index (κ2) is 7.98. The van der Waals surface area contributed by atoms with Gasteiger partial charge in [0.2, 0.25) is 10.0 Å². The van der Waals surface area contributed by atoms with Gasteiger partial charge in [-0.05, 0) is 32.0 Å². The molecule has 0 radical (unpaired) electrons. The highest BCUT2D eigenvalue weighted by Gasteiger charge is 2.16. The number of nitrogens with one attached hydrogen (secondary N) is 2. The minimum absolute atomic E-state index is 0.0177. The first-order valence-electron chi connectivity index (χ1n) is 8.29. The van der Waals surface area contributed by atoms with E-state index in [0.717, 1.165) is 23.5 Å². The third kappa shape index (κ3) is 4.31. The van der Waals surface area contributed by atoms with Crippen molar-refractivity contribution in [2.75, 3.05) is 18.4 Å². The minimum Gasteiger partial charge on any atom is -0.369 e. The predicted octanol–water partition coefficient (Wildman–Crippen LogP) is 1.95. The molecule has 148 valence electrons. The fraction of sp³-hybridized carbons (Fsp3) is 0.235. The van der Waals surface area contributed by atoms with Crippen LogP contribution in [0.1, 0.15) is 11.4 Å². The lowest BCUT2D eigenvalue weighted by Crippen LogP contribution is -2.29. The maximum Gasteiger partial charge on any atom is 0.240 e. The van der Waals surface area contributed by atoms with E-state index < -0.39 is 21.7 Å². The standard InChI is InChI=1S/C17H18F2N6O2S/c1-11-12(2)25(10-23-11)17-8-16(21-9-22-17)20-5-6-24-28(26,27)13-3-4-14(18)15(19)7-13/h3-4,7-10,24H,5-6H2,1-2H3,(H,20,21,22). The molecular weight excluding hydrogens is 390 g/mol. The van der Waals surface area contributed by atoms with E-state index in [-0.39, 0.29) is 18.0 Å². The molecule has 0 bridgehead atoms. The van der Waals surface area contributed by atoms with Gasteiger partial charge in [-0.25, -0.2) is 36.9 Å². The maximum absolute atomic E-state index is 13.2. The molecule has 2 N–H and O–H groups in total. The Labute approximate surface area is 160 Å². The number of rotatable bonds is 7. The van der Waals surface area contributed by atoms with Crippen LogP contribution in [0, 0.1) is 25.5 Å². The van der Waals surface area contributed by atoms with Gasteiger partial charge in [0, 0.05) is 24.8 Å². The molecule has 2 aromatic heterocycles. The van der Waals surface area contributed by atoms with Crippen molar-refractivity contribution in [1.29, 1.82) is 0 Å². The number of anilines is 1. The molecular formula is C17H18F2N6O2S. The minimum atomic E-state index is -3.95. The normalized spacial score (nSPS) is 11.6. The Morgan fingerprint density at radius 1 is 1.04 bits per heavy atom. The van der Waals surface area contributed by atoms with Crippen molar-refractivity contribution in [3.05, 3.63) is 59.9 Å². The largest absolute Gasteiger partial charge is 0.369 e. The highest BCUT2D eigenvalue weighted by molar-refractivity contribution is 7.89. The van der Waals surface area contributed by atoms with Gasteiger partial charge in [-0.1, -0.05) is 0 Å². The van der Waals surface area contributed by atoms with Crippen LogP contribution < -0.4 is 10.0 Å². The van der Waals surface area contributed by atoms with E-state index >= 15 is 0 Å². The molecule has 0 aliphatic heterocycles. The summed E-state index contributed by atoms with van der Waals surface area (Å²) >= 11 is 0. The molecule has 2 heterocycles. The van der Waals surface area contributed by atoms with Crippen molar-refractivity contribution in [3.8, 4) is 5.82 Å². The van der Waals surface area contributed by atoms with Crippen molar-refractivity contribution in [2.45, 2.75) is 18.7 Å². The number of nitrogens with zero attached hydrogens (tertiary/aromatic N) is 4. The van der Waals surface area contributed by atoms with Crippen LogP contribution in [0.2, 0.25) is 0 Å². The monoisotopic (exact) mass is 408 g/mol. The lowest BCUT2D eigenvalue weighted by Gasteiger charge is -2.10. The quantitative estimate of drug-likeness (QED) is 0.580. The zero-order valence-corrected chi connectivity index (χ0v) is 16.0. The Bertz CT molecular complexity index is 1100. The molecule has 0 fully saturated rings. The Hall–Kier alpha value is -2.92. The van der Waals surface area contributed by atoms with E-state index in [0.29, 0.717) is 17.7 Å². The van der Waals surface area contributed by atoms with E-state index in [2.05, 4.69) is 25.0 Å². The third-order valence-electron chi connectivity index (χ3n) is 4.08. The number of hydrogen-bond acceptors (Lipinski definition) is 6. The SMILES string of the molecule is Cc1ncn(-c2cc(NCCNS(=O)(=O)c3ccc(F)c(F)c3)ncn2)c1C. The number of benzene rings is 1. The first-order valence-corrected chi connectivity index (χ1v) is 9.78. The van der Waals surface area contributed by atoms with Gasteiger partial charge in [-0.15, -0.1) is 0 Å². The van der Waals surface area contributed by atoms with E-state index in [4.69, 9.17) is 0 Å². The van der Waals surface area contributed by atoms with E-state index in [1.165, 1.54) is 6.33 Å². The second-order valence-corrected chi connectivity index (χ2v) is 7.71. The van der Waals surface area contributed by atoms with Crippen LogP contribution in [0.25, 0.3) is 5.82 Å². The van der Waals surface area contributed by atoms with Crippen molar-refractivity contribution in [1.82, 2.24) is 24.2 Å². The Balaban J connectivity index is 1.60. The van der Waals surface area contributed by atoms with E-state index in [1.54, 1.807) is 12.4 Å². The first kappa shape index (κ1) is 19.8. The number of hydrogen-bond donors (Lipinski definition) is 2. The topological polar surface area (TPSA) is 102 Å². The maximum atomic E-state index is 13.2. The van der Waals surface area contributed by atoms with Gasteiger partial charge in [0.25, 0.3) is 0 Å². The molecule has 0 aliphatic carbocycles. The fourth-order valence-corrected chi connectivity index (χ4v) is 3.45. The summed E-state index contributed by atoms with van der Waals surface area (Å²) in [5.74, 6) is -1.20. The molecule has 1 aromatic carbocycles. The summed E-state index contributed by atoms with van der Waals surface area (Å²) in [6.07, 6.45) is 3.05. The molecule has 0 amide bonds. The summed E-state index contributed by atoms with van der Waals surface area (Å²) < 4.78 is 54.5. The fourth-order valence-electron chi connectivity index (χ4n) is 2.41. The summed E-state index contributed by atoms with van der Waals surface area (Å²) in [5, 5.41) is 2.98. The van der Waals surface area contributed by atoms with Gasteiger partial charge in [-0.2, -0.15) is 0 Å². The van der Waals surface area contributed by atoms with Crippen molar-refractivity contribution < 1.29 is 17.2 Å². The van der Waals surface area contributed by atoms with E-state index in [9.17, 15) is 17.2 Å². The lowest BCUT2D eigenvalue weighted by atomic mass is 10.3. The molecule has 0 aliphatic rings. The molecule has 3 rings (SSSR count). The van der Waals surface area contributed by atoms with Crippen LogP contribution in [0.5, 0.6) is 0 Å². The molecule has 0 spiro atoms. The van der Waals surface area contributed by atoms with Crippen molar-refractivity contribution >= 4 is 15.8 Å². The summed E-state index contributed by atoms with van der Waals surface area (Å²) in [7, 11) is -3.95. The average Bonchev–Trinajstić information content (AvgIpc) is 3.00. The van der Waals surface area contributed by atoms with Crippen LogP contribution in [0.15, 0.2) is 41.8 Å². The Morgan fingerprint density at radius 3 is 2.50 bits per heavy atom. The molecule has 0 unspecified atom stereocenters. The summed E-state index contributed by atoms with van der Waals surface area (Å²) in [4.78, 5) is 12.2. The number of aromatic nitrogens is 4. The number of imidazole rings is 1. The lowest BCUT2D eigenvalue weighted by molar-refractivity contribution is 0.504. The van der Waals surface area contributed by atoms with Crippen LogP contribution in [-0.4, -0.2) is 41.0 Å². The molecule has 28 heavy (non-hydrogen) atoms.